The highest BCUT2D eigenvalue weighted by molar-refractivity contribution is 7.99. The third-order valence-electron chi connectivity index (χ3n) is 3.69. The van der Waals surface area contributed by atoms with E-state index in [-0.39, 0.29) is 6.04 Å². The monoisotopic (exact) mass is 297 g/mol. The van der Waals surface area contributed by atoms with Gasteiger partial charge in [0.25, 0.3) is 0 Å². The molecule has 21 heavy (non-hydrogen) atoms. The number of nitrogens with one attached hydrogen (secondary N) is 1. The summed E-state index contributed by atoms with van der Waals surface area (Å²) in [5.41, 5.74) is 1.02. The molecule has 5 heteroatoms. The molecular formula is C16H15N3OS. The lowest BCUT2D eigenvalue weighted by Gasteiger charge is -2.19. The van der Waals surface area contributed by atoms with Crippen molar-refractivity contribution in [3.8, 4) is 11.4 Å². The first kappa shape index (κ1) is 12.9. The number of hydrogen-bond donors (Lipinski definition) is 1. The molecule has 1 saturated heterocycles. The smallest absolute Gasteiger partial charge is 0.244 e. The lowest BCUT2D eigenvalue weighted by Crippen LogP contribution is -2.30. The van der Waals surface area contributed by atoms with E-state index in [0.29, 0.717) is 11.7 Å². The summed E-state index contributed by atoms with van der Waals surface area (Å²) < 4.78 is 5.47. The first-order valence-electron chi connectivity index (χ1n) is 7.05. The first-order valence-corrected chi connectivity index (χ1v) is 8.20. The topological polar surface area (TPSA) is 51.0 Å². The van der Waals surface area contributed by atoms with Gasteiger partial charge in [-0.3, -0.25) is 0 Å². The van der Waals surface area contributed by atoms with Gasteiger partial charge in [-0.15, -0.1) is 0 Å². The second-order valence-electron chi connectivity index (χ2n) is 5.06. The van der Waals surface area contributed by atoms with Crippen LogP contribution < -0.4 is 5.32 Å². The molecule has 1 aliphatic heterocycles. The fourth-order valence-electron chi connectivity index (χ4n) is 2.63. The zero-order valence-electron chi connectivity index (χ0n) is 11.5. The average Bonchev–Trinajstić information content (AvgIpc) is 3.05. The highest BCUT2D eigenvalue weighted by atomic mass is 32.2. The van der Waals surface area contributed by atoms with Gasteiger partial charge >= 0.3 is 0 Å². The van der Waals surface area contributed by atoms with Crippen molar-refractivity contribution in [2.24, 2.45) is 0 Å². The molecule has 0 bridgehead atoms. The van der Waals surface area contributed by atoms with E-state index in [1.807, 2.05) is 36.0 Å². The normalized spacial score (nSPS) is 19.0. The zero-order chi connectivity index (χ0) is 14.1. The van der Waals surface area contributed by atoms with E-state index in [4.69, 9.17) is 4.52 Å². The second kappa shape index (κ2) is 5.50. The number of thioether (sulfide) groups is 1. The van der Waals surface area contributed by atoms with Gasteiger partial charge in [-0.25, -0.2) is 0 Å². The average molecular weight is 297 g/mol. The van der Waals surface area contributed by atoms with Crippen LogP contribution in [0.15, 0.2) is 47.0 Å². The van der Waals surface area contributed by atoms with Crippen LogP contribution in [-0.4, -0.2) is 28.2 Å². The molecule has 1 fully saturated rings. The molecule has 2 heterocycles. The molecule has 4 rings (SSSR count). The summed E-state index contributed by atoms with van der Waals surface area (Å²) in [5, 5.41) is 9.94. The van der Waals surface area contributed by atoms with Crippen molar-refractivity contribution in [1.82, 2.24) is 15.5 Å². The molecule has 3 aromatic rings. The Morgan fingerprint density at radius 3 is 2.95 bits per heavy atom. The van der Waals surface area contributed by atoms with E-state index in [1.54, 1.807) is 0 Å². The van der Waals surface area contributed by atoms with Crippen LogP contribution in [0.1, 0.15) is 11.9 Å². The Morgan fingerprint density at radius 2 is 2.05 bits per heavy atom. The number of benzene rings is 2. The third-order valence-corrected chi connectivity index (χ3v) is 4.75. The number of hydrogen-bond acceptors (Lipinski definition) is 5. The van der Waals surface area contributed by atoms with Crippen molar-refractivity contribution in [2.75, 3.05) is 18.1 Å². The Morgan fingerprint density at radius 1 is 1.14 bits per heavy atom. The van der Waals surface area contributed by atoms with Crippen LogP contribution in [0.5, 0.6) is 0 Å². The maximum atomic E-state index is 5.47. The molecule has 0 aliphatic carbocycles. The molecule has 4 nitrogen and oxygen atoms in total. The van der Waals surface area contributed by atoms with Crippen molar-refractivity contribution in [1.29, 1.82) is 0 Å². The van der Waals surface area contributed by atoms with E-state index in [0.717, 1.165) is 29.0 Å². The van der Waals surface area contributed by atoms with Crippen LogP contribution in [-0.2, 0) is 0 Å². The quantitative estimate of drug-likeness (QED) is 0.787. The Hall–Kier alpha value is -1.85. The predicted octanol–water partition coefficient (Wildman–Crippen LogP) is 3.27. The van der Waals surface area contributed by atoms with Gasteiger partial charge in [0.15, 0.2) is 0 Å². The highest BCUT2D eigenvalue weighted by Crippen LogP contribution is 2.28. The molecule has 0 saturated carbocycles. The summed E-state index contributed by atoms with van der Waals surface area (Å²) in [6.45, 7) is 0.987. The van der Waals surface area contributed by atoms with Crippen molar-refractivity contribution in [3.63, 3.8) is 0 Å². The molecule has 0 radical (unpaired) electrons. The maximum absolute atomic E-state index is 5.47. The minimum Gasteiger partial charge on any atom is -0.337 e. The van der Waals surface area contributed by atoms with Gasteiger partial charge in [0.1, 0.15) is 0 Å². The SMILES string of the molecule is c1ccc2c(-c3noc(C4CSCCN4)n3)cccc2c1. The van der Waals surface area contributed by atoms with Crippen LogP contribution in [0.3, 0.4) is 0 Å². The van der Waals surface area contributed by atoms with Crippen LogP contribution in [0, 0.1) is 0 Å². The molecule has 106 valence electrons. The van der Waals surface area contributed by atoms with Gasteiger partial charge in [-0.1, -0.05) is 47.6 Å². The number of aromatic nitrogens is 2. The van der Waals surface area contributed by atoms with E-state index >= 15 is 0 Å². The van der Waals surface area contributed by atoms with Crippen molar-refractivity contribution >= 4 is 22.5 Å². The van der Waals surface area contributed by atoms with Crippen LogP contribution in [0.4, 0.5) is 0 Å². The molecular weight excluding hydrogens is 282 g/mol. The van der Waals surface area contributed by atoms with Gasteiger partial charge in [0, 0.05) is 23.6 Å². The molecule has 1 unspecified atom stereocenters. The number of fused-ring (bicyclic) bond motifs is 1. The Labute approximate surface area is 126 Å². The van der Waals surface area contributed by atoms with Crippen LogP contribution in [0.2, 0.25) is 0 Å². The van der Waals surface area contributed by atoms with Crippen LogP contribution >= 0.6 is 11.8 Å². The fraction of sp³-hybridized carbons (Fsp3) is 0.250. The standard InChI is InChI=1S/C16H15N3OS/c1-2-6-12-11(4-1)5-3-7-13(12)15-18-16(20-19-15)14-10-21-9-8-17-14/h1-7,14,17H,8-10H2. The minimum atomic E-state index is 0.167. The number of rotatable bonds is 2. The lowest BCUT2D eigenvalue weighted by atomic mass is 10.0. The van der Waals surface area contributed by atoms with Crippen molar-refractivity contribution < 1.29 is 4.52 Å². The molecule has 1 aromatic heterocycles. The van der Waals surface area contributed by atoms with E-state index < -0.39 is 0 Å². The van der Waals surface area contributed by atoms with E-state index in [9.17, 15) is 0 Å². The molecule has 0 spiro atoms. The summed E-state index contributed by atoms with van der Waals surface area (Å²) in [7, 11) is 0. The van der Waals surface area contributed by atoms with E-state index in [2.05, 4.69) is 33.7 Å². The lowest BCUT2D eigenvalue weighted by molar-refractivity contribution is 0.342. The summed E-state index contributed by atoms with van der Waals surface area (Å²) in [6, 6.07) is 14.6. The minimum absolute atomic E-state index is 0.167. The second-order valence-corrected chi connectivity index (χ2v) is 6.21. The van der Waals surface area contributed by atoms with Gasteiger partial charge in [0.2, 0.25) is 11.7 Å². The Bertz CT molecular complexity index is 760. The summed E-state index contributed by atoms with van der Waals surface area (Å²) in [4.78, 5) is 4.60. The number of nitrogens with zero attached hydrogens (tertiary/aromatic N) is 2. The van der Waals surface area contributed by atoms with Crippen molar-refractivity contribution in [3.05, 3.63) is 48.4 Å². The summed E-state index contributed by atoms with van der Waals surface area (Å²) in [5.74, 6) is 3.47. The molecule has 1 atom stereocenters. The molecule has 1 N–H and O–H groups in total. The molecule has 2 aromatic carbocycles. The van der Waals surface area contributed by atoms with Crippen LogP contribution in [0.25, 0.3) is 22.2 Å². The predicted molar refractivity (Wildman–Crippen MR) is 85.3 cm³/mol. The zero-order valence-corrected chi connectivity index (χ0v) is 12.3. The fourth-order valence-corrected chi connectivity index (χ4v) is 3.56. The highest BCUT2D eigenvalue weighted by Gasteiger charge is 2.22. The summed E-state index contributed by atoms with van der Waals surface area (Å²) in [6.07, 6.45) is 0. The Balaban J connectivity index is 1.74. The van der Waals surface area contributed by atoms with Gasteiger partial charge < -0.3 is 9.84 Å². The maximum Gasteiger partial charge on any atom is 0.244 e. The van der Waals surface area contributed by atoms with Gasteiger partial charge in [-0.2, -0.15) is 16.7 Å². The van der Waals surface area contributed by atoms with Crippen molar-refractivity contribution in [2.45, 2.75) is 6.04 Å². The largest absolute Gasteiger partial charge is 0.337 e. The van der Waals surface area contributed by atoms with Gasteiger partial charge in [0.05, 0.1) is 6.04 Å². The van der Waals surface area contributed by atoms with E-state index in [1.165, 1.54) is 5.39 Å². The van der Waals surface area contributed by atoms with Gasteiger partial charge in [-0.05, 0) is 10.8 Å². The molecule has 0 amide bonds. The Kier molecular flexibility index (Phi) is 3.37. The summed E-state index contributed by atoms with van der Waals surface area (Å²) >= 11 is 1.92. The third kappa shape index (κ3) is 2.43. The molecule has 1 aliphatic rings. The first-order chi connectivity index (χ1) is 10.4.